The molecule has 102 valence electrons. The Kier molecular flexibility index (Phi) is 4.44. The third-order valence-electron chi connectivity index (χ3n) is 2.73. The van der Waals surface area contributed by atoms with E-state index in [1.165, 1.54) is 12.5 Å². The lowest BCUT2D eigenvalue weighted by Crippen LogP contribution is -2.09. The van der Waals surface area contributed by atoms with Crippen LogP contribution in [0.1, 0.15) is 21.6 Å². The maximum atomic E-state index is 11.1. The molecule has 1 heterocycles. The van der Waals surface area contributed by atoms with Gasteiger partial charge in [0.1, 0.15) is 24.2 Å². The van der Waals surface area contributed by atoms with Gasteiger partial charge in [0, 0.05) is 6.20 Å². The van der Waals surface area contributed by atoms with Gasteiger partial charge in [-0.15, -0.1) is 6.58 Å². The summed E-state index contributed by atoms with van der Waals surface area (Å²) < 4.78 is 5.67. The van der Waals surface area contributed by atoms with Crippen molar-refractivity contribution in [1.82, 2.24) is 9.97 Å². The van der Waals surface area contributed by atoms with Gasteiger partial charge in [0.05, 0.1) is 5.69 Å². The normalized spacial score (nSPS) is 10.0. The second kappa shape index (κ2) is 6.47. The first kappa shape index (κ1) is 13.7. The van der Waals surface area contributed by atoms with Crippen LogP contribution in [0.2, 0.25) is 0 Å². The highest BCUT2D eigenvalue weighted by atomic mass is 16.5. The fraction of sp³-hybridized carbons (Fsp3) is 0.133. The first-order chi connectivity index (χ1) is 9.72. The molecular weight excluding hydrogens is 256 g/mol. The Morgan fingerprint density at radius 3 is 2.95 bits per heavy atom. The van der Waals surface area contributed by atoms with Crippen LogP contribution < -0.4 is 4.74 Å². The summed E-state index contributed by atoms with van der Waals surface area (Å²) in [6.07, 6.45) is 5.05. The van der Waals surface area contributed by atoms with E-state index in [-0.39, 0.29) is 12.2 Å². The fourth-order valence-corrected chi connectivity index (χ4v) is 1.76. The molecule has 0 aliphatic carbocycles. The minimum absolute atomic E-state index is 0.0497. The molecule has 5 nitrogen and oxygen atoms in total. The van der Waals surface area contributed by atoms with Gasteiger partial charge in [-0.25, -0.2) is 14.8 Å². The van der Waals surface area contributed by atoms with Gasteiger partial charge in [-0.1, -0.05) is 24.3 Å². The molecule has 0 spiro atoms. The van der Waals surface area contributed by atoms with Gasteiger partial charge >= 0.3 is 5.97 Å². The smallest absolute Gasteiger partial charge is 0.339 e. The average molecular weight is 270 g/mol. The van der Waals surface area contributed by atoms with E-state index in [0.717, 1.165) is 5.56 Å². The fourth-order valence-electron chi connectivity index (χ4n) is 1.76. The predicted octanol–water partition coefficient (Wildman–Crippen LogP) is 2.48. The van der Waals surface area contributed by atoms with Gasteiger partial charge in [0.15, 0.2) is 0 Å². The summed E-state index contributed by atoms with van der Waals surface area (Å²) in [5, 5.41) is 9.05. The summed E-state index contributed by atoms with van der Waals surface area (Å²) in [5.74, 6) is -0.370. The standard InChI is InChI=1S/C15H14N2O3/c1-2-5-11-6-3-4-7-14(11)20-9-13-12(15(18)19)8-16-10-17-13/h2-4,6-8,10H,1,5,9H2,(H,18,19). The van der Waals surface area contributed by atoms with E-state index in [1.807, 2.05) is 24.3 Å². The molecular formula is C15H14N2O3. The highest BCUT2D eigenvalue weighted by Gasteiger charge is 2.12. The summed E-state index contributed by atoms with van der Waals surface area (Å²) in [5.41, 5.74) is 1.39. The van der Waals surface area contributed by atoms with Crippen LogP contribution in [0.25, 0.3) is 0 Å². The van der Waals surface area contributed by atoms with E-state index in [2.05, 4.69) is 16.5 Å². The maximum Gasteiger partial charge on any atom is 0.339 e. The van der Waals surface area contributed by atoms with Gasteiger partial charge in [-0.05, 0) is 18.1 Å². The number of carbonyl (C=O) groups is 1. The number of carboxylic acids is 1. The number of carboxylic acid groups (broad SMARTS) is 1. The zero-order chi connectivity index (χ0) is 14.4. The number of ether oxygens (including phenoxy) is 1. The summed E-state index contributed by atoms with van der Waals surface area (Å²) in [4.78, 5) is 18.7. The third-order valence-corrected chi connectivity index (χ3v) is 2.73. The van der Waals surface area contributed by atoms with Crippen LogP contribution in [0.5, 0.6) is 5.75 Å². The summed E-state index contributed by atoms with van der Waals surface area (Å²) >= 11 is 0. The number of nitrogens with zero attached hydrogens (tertiary/aromatic N) is 2. The molecule has 0 atom stereocenters. The van der Waals surface area contributed by atoms with Crippen LogP contribution in [0.3, 0.4) is 0 Å². The number of benzene rings is 1. The Morgan fingerprint density at radius 1 is 1.40 bits per heavy atom. The molecule has 20 heavy (non-hydrogen) atoms. The molecule has 1 N–H and O–H groups in total. The van der Waals surface area contributed by atoms with Crippen LogP contribution in [-0.2, 0) is 13.0 Å². The zero-order valence-corrected chi connectivity index (χ0v) is 10.8. The number of aromatic carboxylic acids is 1. The van der Waals surface area contributed by atoms with E-state index in [4.69, 9.17) is 9.84 Å². The molecule has 1 aromatic carbocycles. The van der Waals surface area contributed by atoms with Crippen LogP contribution in [0.15, 0.2) is 49.4 Å². The molecule has 0 aliphatic heterocycles. The van der Waals surface area contributed by atoms with E-state index in [0.29, 0.717) is 17.9 Å². The zero-order valence-electron chi connectivity index (χ0n) is 10.8. The lowest BCUT2D eigenvalue weighted by molar-refractivity contribution is 0.0692. The van der Waals surface area contributed by atoms with Crippen LogP contribution in [0, 0.1) is 0 Å². The topological polar surface area (TPSA) is 72.3 Å². The third kappa shape index (κ3) is 3.20. The van der Waals surface area contributed by atoms with Crippen molar-refractivity contribution in [2.45, 2.75) is 13.0 Å². The molecule has 0 bridgehead atoms. The van der Waals surface area contributed by atoms with Crippen molar-refractivity contribution in [1.29, 1.82) is 0 Å². The number of rotatable bonds is 6. The first-order valence-electron chi connectivity index (χ1n) is 6.06. The molecule has 0 unspecified atom stereocenters. The Labute approximate surface area is 116 Å². The number of aromatic nitrogens is 2. The van der Waals surface area contributed by atoms with Gasteiger partial charge in [0.2, 0.25) is 0 Å². The highest BCUT2D eigenvalue weighted by molar-refractivity contribution is 5.88. The second-order valence-electron chi connectivity index (χ2n) is 4.08. The summed E-state index contributed by atoms with van der Waals surface area (Å²) in [7, 11) is 0. The van der Waals surface area contributed by atoms with Crippen molar-refractivity contribution in [2.75, 3.05) is 0 Å². The molecule has 0 fully saturated rings. The second-order valence-corrected chi connectivity index (χ2v) is 4.08. The largest absolute Gasteiger partial charge is 0.487 e. The number of hydrogen-bond acceptors (Lipinski definition) is 4. The number of para-hydroxylation sites is 1. The molecule has 5 heteroatoms. The highest BCUT2D eigenvalue weighted by Crippen LogP contribution is 2.20. The van der Waals surface area contributed by atoms with Gasteiger partial charge < -0.3 is 9.84 Å². The minimum atomic E-state index is -1.07. The van der Waals surface area contributed by atoms with Crippen molar-refractivity contribution < 1.29 is 14.6 Å². The lowest BCUT2D eigenvalue weighted by atomic mass is 10.1. The lowest BCUT2D eigenvalue weighted by Gasteiger charge is -2.10. The average Bonchev–Trinajstić information content (AvgIpc) is 2.47. The van der Waals surface area contributed by atoms with Crippen molar-refractivity contribution in [3.8, 4) is 5.75 Å². The summed E-state index contributed by atoms with van der Waals surface area (Å²) in [6.45, 7) is 3.78. The monoisotopic (exact) mass is 270 g/mol. The maximum absolute atomic E-state index is 11.1. The van der Waals surface area contributed by atoms with E-state index < -0.39 is 5.97 Å². The molecule has 0 saturated heterocycles. The van der Waals surface area contributed by atoms with Crippen LogP contribution in [0.4, 0.5) is 0 Å². The van der Waals surface area contributed by atoms with E-state index >= 15 is 0 Å². The van der Waals surface area contributed by atoms with E-state index in [1.54, 1.807) is 6.08 Å². The van der Waals surface area contributed by atoms with Gasteiger partial charge in [-0.3, -0.25) is 0 Å². The van der Waals surface area contributed by atoms with Crippen molar-refractivity contribution >= 4 is 5.97 Å². The van der Waals surface area contributed by atoms with Gasteiger partial charge in [0.25, 0.3) is 0 Å². The summed E-state index contributed by atoms with van der Waals surface area (Å²) in [6, 6.07) is 7.55. The minimum Gasteiger partial charge on any atom is -0.487 e. The van der Waals surface area contributed by atoms with Crippen LogP contribution >= 0.6 is 0 Å². The Bertz CT molecular complexity index is 626. The molecule has 2 aromatic rings. The number of hydrogen-bond donors (Lipinski definition) is 1. The SMILES string of the molecule is C=CCc1ccccc1OCc1ncncc1C(=O)O. The Balaban J connectivity index is 2.17. The molecule has 0 saturated carbocycles. The predicted molar refractivity (Wildman–Crippen MR) is 73.7 cm³/mol. The Hall–Kier alpha value is -2.69. The van der Waals surface area contributed by atoms with Gasteiger partial charge in [-0.2, -0.15) is 0 Å². The molecule has 0 radical (unpaired) electrons. The molecule has 0 amide bonds. The molecule has 2 rings (SSSR count). The van der Waals surface area contributed by atoms with Crippen LogP contribution in [-0.4, -0.2) is 21.0 Å². The van der Waals surface area contributed by atoms with Crippen molar-refractivity contribution in [3.63, 3.8) is 0 Å². The van der Waals surface area contributed by atoms with Crippen molar-refractivity contribution in [3.05, 3.63) is 66.3 Å². The molecule has 1 aromatic heterocycles. The Morgan fingerprint density at radius 2 is 2.20 bits per heavy atom. The number of allylic oxidation sites excluding steroid dienone is 1. The quantitative estimate of drug-likeness (QED) is 0.816. The first-order valence-corrected chi connectivity index (χ1v) is 6.06. The van der Waals surface area contributed by atoms with Crippen molar-refractivity contribution in [2.24, 2.45) is 0 Å². The molecule has 0 aliphatic rings. The van der Waals surface area contributed by atoms with E-state index in [9.17, 15) is 4.79 Å².